The zero-order valence-corrected chi connectivity index (χ0v) is 14.2. The lowest BCUT2D eigenvalue weighted by Gasteiger charge is -1.94. The van der Waals surface area contributed by atoms with Gasteiger partial charge in [-0.05, 0) is 23.8 Å². The van der Waals surface area contributed by atoms with Crippen LogP contribution in [0.1, 0.15) is 15.9 Å². The molecule has 4 rings (SSSR count). The fourth-order valence-corrected chi connectivity index (χ4v) is 2.34. The van der Waals surface area contributed by atoms with Crippen LogP contribution in [0.4, 0.5) is 0 Å². The van der Waals surface area contributed by atoms with Crippen LogP contribution in [0.3, 0.4) is 0 Å². The Morgan fingerprint density at radius 3 is 1.73 bits per heavy atom. The normalized spacial score (nSPS) is 10.3. The molecular weight excluding hydrogens is 320 g/mol. The van der Waals surface area contributed by atoms with Crippen LogP contribution in [-0.2, 0) is 0 Å². The highest BCUT2D eigenvalue weighted by Gasteiger charge is 1.98. The molecule has 0 bridgehead atoms. The molecule has 0 spiro atoms. The summed E-state index contributed by atoms with van der Waals surface area (Å²) in [5.74, 6) is 0.0319. The Labute approximate surface area is 152 Å². The molecule has 0 unspecified atom stereocenters. The topological polar surface area (TPSA) is 42.9 Å². The van der Waals surface area contributed by atoms with Gasteiger partial charge in [0.05, 0.1) is 11.0 Å². The lowest BCUT2D eigenvalue weighted by molar-refractivity contribution is 0.104. The molecule has 0 atom stereocenters. The predicted octanol–water partition coefficient (Wildman–Crippen LogP) is 5.21. The number of aromatic nitrogens is 2. The summed E-state index contributed by atoms with van der Waals surface area (Å²) < 4.78 is 0. The third kappa shape index (κ3) is 4.95. The Morgan fingerprint density at radius 2 is 1.15 bits per heavy atom. The summed E-state index contributed by atoms with van der Waals surface area (Å²) >= 11 is 0. The van der Waals surface area contributed by atoms with Crippen LogP contribution in [0.25, 0.3) is 17.1 Å². The van der Waals surface area contributed by atoms with Crippen LogP contribution in [0.15, 0.2) is 103 Å². The average Bonchev–Trinajstić information content (AvgIpc) is 2.74. The fourth-order valence-electron chi connectivity index (χ4n) is 2.34. The first kappa shape index (κ1) is 17.2. The van der Waals surface area contributed by atoms with E-state index in [0.717, 1.165) is 22.2 Å². The van der Waals surface area contributed by atoms with Crippen molar-refractivity contribution in [2.24, 2.45) is 0 Å². The molecule has 3 aromatic carbocycles. The van der Waals surface area contributed by atoms with Gasteiger partial charge in [-0.25, -0.2) is 0 Å². The number of hydrogen-bond acceptors (Lipinski definition) is 3. The number of fused-ring (bicyclic) bond motifs is 1. The van der Waals surface area contributed by atoms with E-state index < -0.39 is 0 Å². The van der Waals surface area contributed by atoms with E-state index in [2.05, 4.69) is 9.97 Å². The molecule has 0 aliphatic carbocycles. The number of hydrogen-bond donors (Lipinski definition) is 0. The molecule has 0 N–H and O–H groups in total. The summed E-state index contributed by atoms with van der Waals surface area (Å²) in [4.78, 5) is 20.0. The van der Waals surface area contributed by atoms with Gasteiger partial charge in [0.2, 0.25) is 0 Å². The molecule has 0 aliphatic heterocycles. The monoisotopic (exact) mass is 338 g/mol. The summed E-state index contributed by atoms with van der Waals surface area (Å²) in [7, 11) is 0. The van der Waals surface area contributed by atoms with Crippen molar-refractivity contribution >= 4 is 22.9 Å². The number of carbonyl (C=O) groups excluding carboxylic acids is 1. The Balaban J connectivity index is 0.000000167. The van der Waals surface area contributed by atoms with E-state index in [0.29, 0.717) is 0 Å². The lowest BCUT2D eigenvalue weighted by Crippen LogP contribution is -1.92. The van der Waals surface area contributed by atoms with Gasteiger partial charge < -0.3 is 0 Å². The Hall–Kier alpha value is -3.59. The summed E-state index contributed by atoms with van der Waals surface area (Å²) in [6, 6.07) is 26.9. The number of benzene rings is 3. The van der Waals surface area contributed by atoms with Gasteiger partial charge in [0.1, 0.15) is 0 Å². The van der Waals surface area contributed by atoms with Crippen molar-refractivity contribution in [1.82, 2.24) is 9.97 Å². The van der Waals surface area contributed by atoms with Crippen molar-refractivity contribution in [2.75, 3.05) is 0 Å². The van der Waals surface area contributed by atoms with Gasteiger partial charge in [-0.3, -0.25) is 14.8 Å². The van der Waals surface area contributed by atoms with Crippen LogP contribution in [0, 0.1) is 0 Å². The van der Waals surface area contributed by atoms with Gasteiger partial charge in [-0.1, -0.05) is 78.9 Å². The third-order valence-corrected chi connectivity index (χ3v) is 3.66. The highest BCUT2D eigenvalue weighted by Crippen LogP contribution is 2.05. The number of para-hydroxylation sites is 2. The Morgan fingerprint density at radius 1 is 0.654 bits per heavy atom. The minimum Gasteiger partial charge on any atom is -0.289 e. The Kier molecular flexibility index (Phi) is 5.99. The van der Waals surface area contributed by atoms with Gasteiger partial charge >= 0.3 is 0 Å². The largest absolute Gasteiger partial charge is 0.289 e. The van der Waals surface area contributed by atoms with E-state index in [4.69, 9.17) is 0 Å². The van der Waals surface area contributed by atoms with E-state index in [9.17, 15) is 4.79 Å². The van der Waals surface area contributed by atoms with Crippen LogP contribution >= 0.6 is 0 Å². The molecule has 0 aliphatic rings. The smallest absolute Gasteiger partial charge is 0.185 e. The van der Waals surface area contributed by atoms with E-state index >= 15 is 0 Å². The van der Waals surface area contributed by atoms with E-state index in [1.165, 1.54) is 0 Å². The van der Waals surface area contributed by atoms with Crippen molar-refractivity contribution in [3.8, 4) is 0 Å². The number of allylic oxidation sites excluding steroid dienone is 1. The highest BCUT2D eigenvalue weighted by atomic mass is 16.1. The maximum absolute atomic E-state index is 11.7. The molecule has 0 amide bonds. The minimum atomic E-state index is 0.0319. The first-order valence-corrected chi connectivity index (χ1v) is 8.31. The number of carbonyl (C=O) groups is 1. The molecule has 3 nitrogen and oxygen atoms in total. The molecule has 126 valence electrons. The molecule has 0 saturated heterocycles. The lowest BCUT2D eigenvalue weighted by atomic mass is 10.1. The molecule has 4 aromatic rings. The van der Waals surface area contributed by atoms with Crippen LogP contribution in [0.5, 0.6) is 0 Å². The molecular formula is C23H18N2O. The summed E-state index contributed by atoms with van der Waals surface area (Å²) in [5.41, 5.74) is 3.65. The van der Waals surface area contributed by atoms with Crippen molar-refractivity contribution in [3.05, 3.63) is 115 Å². The molecule has 1 heterocycles. The van der Waals surface area contributed by atoms with Gasteiger partial charge in [0, 0.05) is 18.0 Å². The second-order valence-electron chi connectivity index (χ2n) is 5.52. The van der Waals surface area contributed by atoms with Gasteiger partial charge in [0.25, 0.3) is 0 Å². The van der Waals surface area contributed by atoms with Crippen molar-refractivity contribution in [1.29, 1.82) is 0 Å². The van der Waals surface area contributed by atoms with E-state index in [-0.39, 0.29) is 5.78 Å². The molecule has 0 radical (unpaired) electrons. The van der Waals surface area contributed by atoms with Crippen molar-refractivity contribution in [2.45, 2.75) is 0 Å². The minimum absolute atomic E-state index is 0.0319. The van der Waals surface area contributed by atoms with Crippen molar-refractivity contribution < 1.29 is 4.79 Å². The maximum Gasteiger partial charge on any atom is 0.185 e. The summed E-state index contributed by atoms with van der Waals surface area (Å²) in [6.07, 6.45) is 6.82. The molecule has 1 aromatic heterocycles. The average molecular weight is 338 g/mol. The zero-order valence-electron chi connectivity index (χ0n) is 14.2. The van der Waals surface area contributed by atoms with E-state index in [1.54, 1.807) is 18.5 Å². The molecule has 3 heteroatoms. The maximum atomic E-state index is 11.7. The second-order valence-corrected chi connectivity index (χ2v) is 5.52. The van der Waals surface area contributed by atoms with E-state index in [1.807, 2.05) is 91.0 Å². The Bertz CT molecular complexity index is 931. The summed E-state index contributed by atoms with van der Waals surface area (Å²) in [5, 5.41) is 0. The molecule has 26 heavy (non-hydrogen) atoms. The standard InChI is InChI=1S/C15H12O.C8H6N2/c16-15(14-9-5-2-6-10-14)12-11-13-7-3-1-4-8-13;1-2-4-8-7(3-1)9-5-6-10-8/h1-12H;1-6H. The quantitative estimate of drug-likeness (QED) is 0.380. The van der Waals surface area contributed by atoms with Gasteiger partial charge in [-0.2, -0.15) is 0 Å². The predicted molar refractivity (Wildman–Crippen MR) is 106 cm³/mol. The van der Waals surface area contributed by atoms with Gasteiger partial charge in [0.15, 0.2) is 5.78 Å². The summed E-state index contributed by atoms with van der Waals surface area (Å²) in [6.45, 7) is 0. The second kappa shape index (κ2) is 9.04. The number of ketones is 1. The SMILES string of the molecule is O=C(C=Cc1ccccc1)c1ccccc1.c1ccc2nccnc2c1. The molecule has 0 saturated carbocycles. The van der Waals surface area contributed by atoms with Crippen LogP contribution in [-0.4, -0.2) is 15.8 Å². The zero-order chi connectivity index (χ0) is 18.0. The van der Waals surface area contributed by atoms with Gasteiger partial charge in [-0.15, -0.1) is 0 Å². The van der Waals surface area contributed by atoms with Crippen molar-refractivity contribution in [3.63, 3.8) is 0 Å². The first-order chi connectivity index (χ1) is 12.8. The highest BCUT2D eigenvalue weighted by molar-refractivity contribution is 6.06. The fraction of sp³-hybridized carbons (Fsp3) is 0. The van der Waals surface area contributed by atoms with Crippen LogP contribution in [0.2, 0.25) is 0 Å². The number of nitrogens with zero attached hydrogens (tertiary/aromatic N) is 2. The first-order valence-electron chi connectivity index (χ1n) is 8.31. The third-order valence-electron chi connectivity index (χ3n) is 3.66. The van der Waals surface area contributed by atoms with Crippen LogP contribution < -0.4 is 0 Å². The number of rotatable bonds is 3. The molecule has 0 fully saturated rings.